The number of nitrogens with two attached hydrogens (primary N) is 1. The van der Waals surface area contributed by atoms with Gasteiger partial charge in [-0.2, -0.15) is 18.2 Å². The van der Waals surface area contributed by atoms with Crippen molar-refractivity contribution >= 4 is 11.8 Å². The number of hydrogen-bond donors (Lipinski definition) is 2. The number of nitrogen functional groups attached to an aromatic ring is 1. The van der Waals surface area contributed by atoms with Gasteiger partial charge in [-0.3, -0.25) is 0 Å². The SMILES string of the molecule is Nc1nc(NC2CCCC2)cc(C(F)(F)F)n1. The summed E-state index contributed by atoms with van der Waals surface area (Å²) in [5, 5.41) is 2.96. The van der Waals surface area contributed by atoms with Crippen molar-refractivity contribution in [1.29, 1.82) is 0 Å². The van der Waals surface area contributed by atoms with Gasteiger partial charge in [0, 0.05) is 12.1 Å². The highest BCUT2D eigenvalue weighted by Gasteiger charge is 2.33. The first-order valence-corrected chi connectivity index (χ1v) is 5.43. The van der Waals surface area contributed by atoms with Gasteiger partial charge < -0.3 is 11.1 Å². The fourth-order valence-electron chi connectivity index (χ4n) is 1.96. The van der Waals surface area contributed by atoms with Crippen molar-refractivity contribution in [1.82, 2.24) is 9.97 Å². The third kappa shape index (κ3) is 2.98. The second kappa shape index (κ2) is 4.38. The summed E-state index contributed by atoms with van der Waals surface area (Å²) in [6.07, 6.45) is -0.422. The molecule has 0 amide bonds. The Bertz CT molecular complexity index is 399. The van der Waals surface area contributed by atoms with E-state index in [2.05, 4.69) is 15.3 Å². The predicted molar refractivity (Wildman–Crippen MR) is 57.3 cm³/mol. The first kappa shape index (κ1) is 11.9. The summed E-state index contributed by atoms with van der Waals surface area (Å²) in [4.78, 5) is 6.95. The minimum atomic E-state index is -4.50. The molecule has 3 N–H and O–H groups in total. The summed E-state index contributed by atoms with van der Waals surface area (Å²) in [5.74, 6) is -0.211. The highest BCUT2D eigenvalue weighted by atomic mass is 19.4. The number of halogens is 3. The van der Waals surface area contributed by atoms with Crippen LogP contribution in [0.4, 0.5) is 24.9 Å². The van der Waals surface area contributed by atoms with E-state index in [1.54, 1.807) is 0 Å². The van der Waals surface area contributed by atoms with E-state index in [0.717, 1.165) is 31.7 Å². The zero-order chi connectivity index (χ0) is 12.5. The lowest BCUT2D eigenvalue weighted by Crippen LogP contribution is -2.18. The Kier molecular flexibility index (Phi) is 3.08. The molecule has 1 heterocycles. The van der Waals surface area contributed by atoms with Crippen LogP contribution in [-0.4, -0.2) is 16.0 Å². The summed E-state index contributed by atoms with van der Waals surface area (Å²) in [5.41, 5.74) is 4.26. The molecule has 0 unspecified atom stereocenters. The van der Waals surface area contributed by atoms with Gasteiger partial charge in [0.2, 0.25) is 5.95 Å². The summed E-state index contributed by atoms with van der Waals surface area (Å²) in [6, 6.07) is 1.08. The molecular weight excluding hydrogens is 233 g/mol. The quantitative estimate of drug-likeness (QED) is 0.841. The van der Waals surface area contributed by atoms with E-state index in [1.165, 1.54) is 0 Å². The Labute approximate surface area is 96.4 Å². The molecule has 0 radical (unpaired) electrons. The molecule has 0 atom stereocenters. The minimum absolute atomic E-state index is 0.150. The lowest BCUT2D eigenvalue weighted by Gasteiger charge is -2.14. The number of alkyl halides is 3. The van der Waals surface area contributed by atoms with Crippen molar-refractivity contribution in [2.45, 2.75) is 37.9 Å². The second-order valence-corrected chi connectivity index (χ2v) is 4.12. The van der Waals surface area contributed by atoms with Gasteiger partial charge in [-0.05, 0) is 12.8 Å². The Hall–Kier alpha value is -1.53. The highest BCUT2D eigenvalue weighted by molar-refractivity contribution is 5.42. The van der Waals surface area contributed by atoms with Gasteiger partial charge in [0.15, 0.2) is 5.69 Å². The zero-order valence-electron chi connectivity index (χ0n) is 9.09. The van der Waals surface area contributed by atoms with E-state index < -0.39 is 11.9 Å². The first-order valence-electron chi connectivity index (χ1n) is 5.43. The largest absolute Gasteiger partial charge is 0.433 e. The van der Waals surface area contributed by atoms with Gasteiger partial charge in [0.1, 0.15) is 5.82 Å². The topological polar surface area (TPSA) is 63.8 Å². The molecule has 94 valence electrons. The normalized spacial score (nSPS) is 17.4. The van der Waals surface area contributed by atoms with Crippen LogP contribution in [0.5, 0.6) is 0 Å². The minimum Gasteiger partial charge on any atom is -0.368 e. The number of anilines is 2. The Morgan fingerprint density at radius 1 is 1.24 bits per heavy atom. The van der Waals surface area contributed by atoms with E-state index in [-0.39, 0.29) is 17.8 Å². The summed E-state index contributed by atoms with van der Waals surface area (Å²) in [7, 11) is 0. The van der Waals surface area contributed by atoms with Crippen molar-refractivity contribution in [2.75, 3.05) is 11.1 Å². The highest BCUT2D eigenvalue weighted by Crippen LogP contribution is 2.30. The molecule has 2 rings (SSSR count). The molecule has 1 aromatic heterocycles. The Morgan fingerprint density at radius 3 is 2.47 bits per heavy atom. The summed E-state index contributed by atoms with van der Waals surface area (Å²) >= 11 is 0. The van der Waals surface area contributed by atoms with Gasteiger partial charge in [-0.15, -0.1) is 0 Å². The molecule has 0 bridgehead atoms. The average Bonchev–Trinajstić information content (AvgIpc) is 2.68. The van der Waals surface area contributed by atoms with Gasteiger partial charge in [-0.25, -0.2) is 4.98 Å². The third-order valence-electron chi connectivity index (χ3n) is 2.74. The maximum atomic E-state index is 12.5. The molecule has 1 saturated carbocycles. The molecule has 1 fully saturated rings. The molecule has 0 aliphatic heterocycles. The molecule has 17 heavy (non-hydrogen) atoms. The van der Waals surface area contributed by atoms with Gasteiger partial charge >= 0.3 is 6.18 Å². The molecule has 0 spiro atoms. The van der Waals surface area contributed by atoms with E-state index in [4.69, 9.17) is 5.73 Å². The first-order chi connectivity index (χ1) is 7.95. The molecule has 1 aliphatic rings. The predicted octanol–water partition coefficient (Wildman–Crippen LogP) is 2.43. The molecule has 4 nitrogen and oxygen atoms in total. The van der Waals surface area contributed by atoms with Crippen molar-refractivity contribution in [2.24, 2.45) is 0 Å². The number of aromatic nitrogens is 2. The van der Waals surface area contributed by atoms with Crippen molar-refractivity contribution in [3.05, 3.63) is 11.8 Å². The van der Waals surface area contributed by atoms with E-state index >= 15 is 0 Å². The van der Waals surface area contributed by atoms with Crippen molar-refractivity contribution < 1.29 is 13.2 Å². The van der Waals surface area contributed by atoms with Crippen LogP contribution >= 0.6 is 0 Å². The van der Waals surface area contributed by atoms with Crippen LogP contribution in [0.15, 0.2) is 6.07 Å². The lowest BCUT2D eigenvalue weighted by molar-refractivity contribution is -0.141. The standard InChI is InChI=1S/C10H13F3N4/c11-10(12,13)7-5-8(17-9(14)16-7)15-6-3-1-2-4-6/h5-6H,1-4H2,(H3,14,15,16,17). The van der Waals surface area contributed by atoms with E-state index in [0.29, 0.717) is 0 Å². The lowest BCUT2D eigenvalue weighted by atomic mass is 10.2. The summed E-state index contributed by atoms with van der Waals surface area (Å²) in [6.45, 7) is 0. The molecular formula is C10H13F3N4. The smallest absolute Gasteiger partial charge is 0.368 e. The number of nitrogens with one attached hydrogen (secondary N) is 1. The van der Waals surface area contributed by atoms with Crippen LogP contribution < -0.4 is 11.1 Å². The molecule has 1 aromatic rings. The van der Waals surface area contributed by atoms with Gasteiger partial charge in [-0.1, -0.05) is 12.8 Å². The molecule has 7 heteroatoms. The number of rotatable bonds is 2. The van der Waals surface area contributed by atoms with E-state index in [9.17, 15) is 13.2 Å². The fraction of sp³-hybridized carbons (Fsp3) is 0.600. The number of nitrogens with zero attached hydrogens (tertiary/aromatic N) is 2. The summed E-state index contributed by atoms with van der Waals surface area (Å²) < 4.78 is 37.5. The molecule has 1 aliphatic carbocycles. The monoisotopic (exact) mass is 246 g/mol. The Balaban J connectivity index is 2.19. The van der Waals surface area contributed by atoms with Crippen LogP contribution in [0.1, 0.15) is 31.4 Å². The zero-order valence-corrected chi connectivity index (χ0v) is 9.09. The van der Waals surface area contributed by atoms with Crippen LogP contribution in [0.25, 0.3) is 0 Å². The van der Waals surface area contributed by atoms with Gasteiger partial charge in [0.25, 0.3) is 0 Å². The maximum absolute atomic E-state index is 12.5. The second-order valence-electron chi connectivity index (χ2n) is 4.12. The molecule has 0 aromatic carbocycles. The van der Waals surface area contributed by atoms with Crippen LogP contribution in [0.2, 0.25) is 0 Å². The van der Waals surface area contributed by atoms with Crippen molar-refractivity contribution in [3.63, 3.8) is 0 Å². The third-order valence-corrected chi connectivity index (χ3v) is 2.74. The van der Waals surface area contributed by atoms with E-state index in [1.807, 2.05) is 0 Å². The van der Waals surface area contributed by atoms with Gasteiger partial charge in [0.05, 0.1) is 0 Å². The van der Waals surface area contributed by atoms with Crippen LogP contribution in [-0.2, 0) is 6.18 Å². The number of hydrogen-bond acceptors (Lipinski definition) is 4. The average molecular weight is 246 g/mol. The fourth-order valence-corrected chi connectivity index (χ4v) is 1.96. The van der Waals surface area contributed by atoms with Crippen molar-refractivity contribution in [3.8, 4) is 0 Å². The maximum Gasteiger partial charge on any atom is 0.433 e. The molecule has 0 saturated heterocycles. The Morgan fingerprint density at radius 2 is 1.88 bits per heavy atom. The van der Waals surface area contributed by atoms with Crippen LogP contribution in [0.3, 0.4) is 0 Å². The van der Waals surface area contributed by atoms with Crippen LogP contribution in [0, 0.1) is 0 Å².